The number of hydrogen-bond donors (Lipinski definition) is 2. The first-order chi connectivity index (χ1) is 5.67. The maximum absolute atomic E-state index is 12.0. The van der Waals surface area contributed by atoms with E-state index in [9.17, 15) is 17.7 Å². The predicted octanol–water partition coefficient (Wildman–Crippen LogP) is 1.68. The minimum Gasteiger partial charge on any atom is -0.303 e. The van der Waals surface area contributed by atoms with E-state index < -0.39 is 26.5 Å². The molecular formula is C5H10F3O4P. The minimum atomic E-state index is -4.80. The molecule has 0 aliphatic heterocycles. The van der Waals surface area contributed by atoms with Crippen molar-refractivity contribution < 1.29 is 32.0 Å². The van der Waals surface area contributed by atoms with E-state index in [4.69, 9.17) is 9.79 Å². The Balaban J connectivity index is 4.09. The number of hydrogen-bond acceptors (Lipinski definition) is 2. The molecule has 80 valence electrons. The van der Waals surface area contributed by atoms with E-state index in [-0.39, 0.29) is 6.42 Å². The lowest BCUT2D eigenvalue weighted by Gasteiger charge is -2.18. The van der Waals surface area contributed by atoms with Crippen LogP contribution in [-0.2, 0) is 9.09 Å². The summed E-state index contributed by atoms with van der Waals surface area (Å²) in [6.07, 6.45) is -4.76. The minimum absolute atomic E-state index is 0.274. The van der Waals surface area contributed by atoms with Crippen molar-refractivity contribution >= 4 is 7.82 Å². The van der Waals surface area contributed by atoms with Crippen LogP contribution in [0.15, 0.2) is 0 Å². The Bertz CT molecular complexity index is 198. The van der Waals surface area contributed by atoms with E-state index in [2.05, 4.69) is 4.52 Å². The van der Waals surface area contributed by atoms with Crippen molar-refractivity contribution in [3.63, 3.8) is 0 Å². The zero-order valence-corrected chi connectivity index (χ0v) is 7.68. The van der Waals surface area contributed by atoms with Crippen LogP contribution in [-0.4, -0.2) is 22.6 Å². The van der Waals surface area contributed by atoms with E-state index in [0.29, 0.717) is 0 Å². The molecule has 0 aliphatic carbocycles. The second-order valence-electron chi connectivity index (χ2n) is 2.43. The summed E-state index contributed by atoms with van der Waals surface area (Å²) in [6.45, 7) is 0.255. The molecule has 0 saturated heterocycles. The fourth-order valence-corrected chi connectivity index (χ4v) is 1.01. The van der Waals surface area contributed by atoms with Gasteiger partial charge in [-0.15, -0.1) is 0 Å². The number of halogens is 3. The lowest BCUT2D eigenvalue weighted by molar-refractivity contribution is -0.183. The average Bonchev–Trinajstić information content (AvgIpc) is 1.82. The molecule has 0 rings (SSSR count). The molecule has 0 bridgehead atoms. The molecule has 0 fully saturated rings. The van der Waals surface area contributed by atoms with Gasteiger partial charge >= 0.3 is 14.0 Å². The third kappa shape index (κ3) is 6.04. The maximum Gasteiger partial charge on any atom is 0.469 e. The van der Waals surface area contributed by atoms with E-state index in [1.54, 1.807) is 0 Å². The monoisotopic (exact) mass is 222 g/mol. The van der Waals surface area contributed by atoms with Crippen LogP contribution in [0.25, 0.3) is 0 Å². The van der Waals surface area contributed by atoms with Crippen LogP contribution in [0.3, 0.4) is 0 Å². The Kier molecular flexibility index (Phi) is 4.38. The fraction of sp³-hybridized carbons (Fsp3) is 1.00. The molecule has 13 heavy (non-hydrogen) atoms. The van der Waals surface area contributed by atoms with Gasteiger partial charge in [0.15, 0.2) is 0 Å². The smallest absolute Gasteiger partial charge is 0.303 e. The van der Waals surface area contributed by atoms with E-state index >= 15 is 0 Å². The van der Waals surface area contributed by atoms with E-state index in [0.717, 1.165) is 0 Å². The summed E-state index contributed by atoms with van der Waals surface area (Å²) in [5, 5.41) is 0. The summed E-state index contributed by atoms with van der Waals surface area (Å²) in [6, 6.07) is 0. The summed E-state index contributed by atoms with van der Waals surface area (Å²) in [4.78, 5) is 16.3. The molecule has 1 atom stereocenters. The summed E-state index contributed by atoms with van der Waals surface area (Å²) >= 11 is 0. The van der Waals surface area contributed by atoms with Gasteiger partial charge < -0.3 is 9.79 Å². The van der Waals surface area contributed by atoms with Gasteiger partial charge in [-0.1, -0.05) is 6.92 Å². The molecule has 0 radical (unpaired) electrons. The lowest BCUT2D eigenvalue weighted by atomic mass is 10.1. The molecule has 0 aliphatic rings. The van der Waals surface area contributed by atoms with Crippen LogP contribution in [0, 0.1) is 5.92 Å². The van der Waals surface area contributed by atoms with Crippen LogP contribution in [0.2, 0.25) is 0 Å². The summed E-state index contributed by atoms with van der Waals surface area (Å²) in [5.41, 5.74) is 0. The highest BCUT2D eigenvalue weighted by Crippen LogP contribution is 2.39. The van der Waals surface area contributed by atoms with Crippen molar-refractivity contribution in [1.82, 2.24) is 0 Å². The zero-order valence-electron chi connectivity index (χ0n) is 6.78. The van der Waals surface area contributed by atoms with Gasteiger partial charge in [-0.25, -0.2) is 4.57 Å². The number of phosphoric ester groups is 1. The van der Waals surface area contributed by atoms with Gasteiger partial charge in [0.05, 0.1) is 12.5 Å². The van der Waals surface area contributed by atoms with Gasteiger partial charge in [0.2, 0.25) is 0 Å². The highest BCUT2D eigenvalue weighted by Gasteiger charge is 2.39. The Morgan fingerprint density at radius 3 is 2.15 bits per heavy atom. The SMILES string of the molecule is CCC(COP(=O)(O)O)C(F)(F)F. The molecule has 0 amide bonds. The predicted molar refractivity (Wildman–Crippen MR) is 37.8 cm³/mol. The number of alkyl halides is 3. The molecule has 0 aromatic heterocycles. The Labute approximate surface area is 72.9 Å². The zero-order chi connectivity index (χ0) is 10.7. The topological polar surface area (TPSA) is 66.8 Å². The Morgan fingerprint density at radius 1 is 1.46 bits per heavy atom. The first kappa shape index (κ1) is 12.9. The lowest BCUT2D eigenvalue weighted by Crippen LogP contribution is -2.26. The molecular weight excluding hydrogens is 212 g/mol. The summed E-state index contributed by atoms with van der Waals surface area (Å²) in [5.74, 6) is -1.83. The first-order valence-corrected chi connectivity index (χ1v) is 4.96. The molecule has 0 saturated carbocycles. The molecule has 8 heteroatoms. The van der Waals surface area contributed by atoms with Gasteiger partial charge in [0.1, 0.15) is 0 Å². The second-order valence-corrected chi connectivity index (χ2v) is 3.67. The standard InChI is InChI=1S/C5H10F3O4P/c1-2-4(5(6,7)8)3-12-13(9,10)11/h4H,2-3H2,1H3,(H2,9,10,11). The summed E-state index contributed by atoms with van der Waals surface area (Å²) < 4.78 is 49.7. The van der Waals surface area contributed by atoms with Crippen molar-refractivity contribution in [1.29, 1.82) is 0 Å². The fourth-order valence-electron chi connectivity index (χ4n) is 0.631. The van der Waals surface area contributed by atoms with E-state index in [1.807, 2.05) is 0 Å². The summed E-state index contributed by atoms with van der Waals surface area (Å²) in [7, 11) is -4.80. The molecule has 2 N–H and O–H groups in total. The second kappa shape index (κ2) is 4.41. The Morgan fingerprint density at radius 2 is 1.92 bits per heavy atom. The molecule has 1 unspecified atom stereocenters. The maximum atomic E-state index is 12.0. The third-order valence-electron chi connectivity index (χ3n) is 1.40. The van der Waals surface area contributed by atoms with Crippen molar-refractivity contribution in [2.75, 3.05) is 6.61 Å². The molecule has 0 aromatic rings. The first-order valence-electron chi connectivity index (χ1n) is 3.43. The van der Waals surface area contributed by atoms with Crippen LogP contribution in [0.1, 0.15) is 13.3 Å². The molecule has 0 spiro atoms. The molecule has 0 aromatic carbocycles. The van der Waals surface area contributed by atoms with Gasteiger partial charge in [-0.2, -0.15) is 13.2 Å². The number of phosphoric acid groups is 1. The van der Waals surface area contributed by atoms with Crippen LogP contribution in [0.4, 0.5) is 13.2 Å². The van der Waals surface area contributed by atoms with Crippen LogP contribution < -0.4 is 0 Å². The van der Waals surface area contributed by atoms with Crippen molar-refractivity contribution in [3.8, 4) is 0 Å². The van der Waals surface area contributed by atoms with Crippen LogP contribution in [0.5, 0.6) is 0 Å². The molecule has 4 nitrogen and oxygen atoms in total. The average molecular weight is 222 g/mol. The van der Waals surface area contributed by atoms with Gasteiger partial charge in [-0.3, -0.25) is 4.52 Å². The number of rotatable bonds is 4. The van der Waals surface area contributed by atoms with Crippen molar-refractivity contribution in [2.45, 2.75) is 19.5 Å². The highest BCUT2D eigenvalue weighted by molar-refractivity contribution is 7.46. The van der Waals surface area contributed by atoms with Crippen molar-refractivity contribution in [3.05, 3.63) is 0 Å². The molecule has 0 heterocycles. The quantitative estimate of drug-likeness (QED) is 0.710. The van der Waals surface area contributed by atoms with Gasteiger partial charge in [0.25, 0.3) is 0 Å². The van der Waals surface area contributed by atoms with E-state index in [1.165, 1.54) is 6.92 Å². The van der Waals surface area contributed by atoms with Gasteiger partial charge in [-0.05, 0) is 6.42 Å². The highest BCUT2D eigenvalue weighted by atomic mass is 31.2. The van der Waals surface area contributed by atoms with Crippen LogP contribution >= 0.6 is 7.82 Å². The Hall–Kier alpha value is -0.100. The third-order valence-corrected chi connectivity index (χ3v) is 1.89. The normalized spacial score (nSPS) is 15.8. The van der Waals surface area contributed by atoms with Crippen molar-refractivity contribution in [2.24, 2.45) is 5.92 Å². The van der Waals surface area contributed by atoms with Gasteiger partial charge in [0, 0.05) is 0 Å². The largest absolute Gasteiger partial charge is 0.469 e.